The lowest BCUT2D eigenvalue weighted by Gasteiger charge is -2.30. The van der Waals surface area contributed by atoms with E-state index in [-0.39, 0.29) is 5.69 Å². The van der Waals surface area contributed by atoms with Crippen molar-refractivity contribution in [3.8, 4) is 0 Å². The molecular weight excluding hydrogens is 314 g/mol. The fourth-order valence-corrected chi connectivity index (χ4v) is 2.79. The standard InChI is InChI=1S/C17H18F2N4O/c1-11-4-3-9-23(10-11)17-20-8-7-14(21-17)16(24)22-15-12(18)5-2-6-13(15)19/h2,5-8,11H,3-4,9-10H2,1H3,(H,22,24). The monoisotopic (exact) mass is 332 g/mol. The third kappa shape index (κ3) is 3.50. The molecule has 3 rings (SSSR count). The van der Waals surface area contributed by atoms with Gasteiger partial charge in [-0.3, -0.25) is 4.79 Å². The van der Waals surface area contributed by atoms with Crippen LogP contribution >= 0.6 is 0 Å². The predicted octanol–water partition coefficient (Wildman–Crippen LogP) is 3.24. The average Bonchev–Trinajstić information content (AvgIpc) is 2.58. The van der Waals surface area contributed by atoms with E-state index in [4.69, 9.17) is 0 Å². The van der Waals surface area contributed by atoms with Crippen molar-refractivity contribution in [1.82, 2.24) is 9.97 Å². The van der Waals surface area contributed by atoms with Gasteiger partial charge in [-0.05, 0) is 37.0 Å². The van der Waals surface area contributed by atoms with Crippen molar-refractivity contribution in [2.24, 2.45) is 5.92 Å². The van der Waals surface area contributed by atoms with Gasteiger partial charge in [-0.2, -0.15) is 0 Å². The summed E-state index contributed by atoms with van der Waals surface area (Å²) >= 11 is 0. The van der Waals surface area contributed by atoms with Crippen molar-refractivity contribution in [3.05, 3.63) is 47.8 Å². The first-order valence-electron chi connectivity index (χ1n) is 7.88. The number of para-hydroxylation sites is 1. The van der Waals surface area contributed by atoms with Gasteiger partial charge >= 0.3 is 0 Å². The summed E-state index contributed by atoms with van der Waals surface area (Å²) in [7, 11) is 0. The van der Waals surface area contributed by atoms with Crippen LogP contribution in [0.4, 0.5) is 20.4 Å². The molecule has 1 aliphatic rings. The molecule has 1 aromatic carbocycles. The summed E-state index contributed by atoms with van der Waals surface area (Å²) in [4.78, 5) is 22.7. The van der Waals surface area contributed by atoms with Crippen LogP contribution in [0.5, 0.6) is 0 Å². The van der Waals surface area contributed by atoms with Gasteiger partial charge in [-0.25, -0.2) is 18.7 Å². The number of piperidine rings is 1. The topological polar surface area (TPSA) is 58.1 Å². The molecule has 0 radical (unpaired) electrons. The van der Waals surface area contributed by atoms with E-state index in [2.05, 4.69) is 22.2 Å². The van der Waals surface area contributed by atoms with Gasteiger partial charge in [0.05, 0.1) is 0 Å². The van der Waals surface area contributed by atoms with Gasteiger partial charge in [-0.15, -0.1) is 0 Å². The highest BCUT2D eigenvalue weighted by molar-refractivity contribution is 6.03. The number of carbonyl (C=O) groups excluding carboxylic acids is 1. The summed E-state index contributed by atoms with van der Waals surface area (Å²) < 4.78 is 27.3. The molecule has 0 spiro atoms. The highest BCUT2D eigenvalue weighted by Crippen LogP contribution is 2.21. The van der Waals surface area contributed by atoms with Crippen molar-refractivity contribution in [2.45, 2.75) is 19.8 Å². The number of nitrogens with one attached hydrogen (secondary N) is 1. The zero-order chi connectivity index (χ0) is 17.1. The Bertz CT molecular complexity index is 733. The van der Waals surface area contributed by atoms with Gasteiger partial charge in [0.1, 0.15) is 23.0 Å². The van der Waals surface area contributed by atoms with Crippen LogP contribution in [-0.2, 0) is 0 Å². The van der Waals surface area contributed by atoms with Crippen LogP contribution in [0.3, 0.4) is 0 Å². The quantitative estimate of drug-likeness (QED) is 0.937. The minimum absolute atomic E-state index is 0.0703. The molecule has 0 saturated carbocycles. The summed E-state index contributed by atoms with van der Waals surface area (Å²) in [5.74, 6) is -1.34. The van der Waals surface area contributed by atoms with Crippen molar-refractivity contribution < 1.29 is 13.6 Å². The molecule has 2 aromatic rings. The first-order valence-corrected chi connectivity index (χ1v) is 7.88. The van der Waals surface area contributed by atoms with Crippen LogP contribution in [0.1, 0.15) is 30.3 Å². The molecule has 2 heterocycles. The van der Waals surface area contributed by atoms with Crippen molar-refractivity contribution in [2.75, 3.05) is 23.3 Å². The number of nitrogens with zero attached hydrogens (tertiary/aromatic N) is 3. The first-order chi connectivity index (χ1) is 11.5. The molecule has 0 aliphatic carbocycles. The predicted molar refractivity (Wildman–Crippen MR) is 87.0 cm³/mol. The zero-order valence-electron chi connectivity index (χ0n) is 13.3. The summed E-state index contributed by atoms with van der Waals surface area (Å²) in [6.45, 7) is 3.81. The van der Waals surface area contributed by atoms with Crippen LogP contribution in [0, 0.1) is 17.6 Å². The Morgan fingerprint density at radius 1 is 1.29 bits per heavy atom. The lowest BCUT2D eigenvalue weighted by atomic mass is 10.0. The fraction of sp³-hybridized carbons (Fsp3) is 0.353. The Kier molecular flexibility index (Phi) is 4.69. The largest absolute Gasteiger partial charge is 0.341 e. The van der Waals surface area contributed by atoms with E-state index in [0.29, 0.717) is 11.9 Å². The molecule has 1 saturated heterocycles. The van der Waals surface area contributed by atoms with Crippen molar-refractivity contribution in [3.63, 3.8) is 0 Å². The summed E-state index contributed by atoms with van der Waals surface area (Å²) in [5.41, 5.74) is -0.407. The smallest absolute Gasteiger partial charge is 0.274 e. The third-order valence-corrected chi connectivity index (χ3v) is 4.02. The number of carbonyl (C=O) groups is 1. The first kappa shape index (κ1) is 16.3. The van der Waals surface area contributed by atoms with E-state index in [1.165, 1.54) is 18.3 Å². The highest BCUT2D eigenvalue weighted by atomic mass is 19.1. The van der Waals surface area contributed by atoms with Gasteiger partial charge < -0.3 is 10.2 Å². The van der Waals surface area contributed by atoms with Crippen molar-refractivity contribution >= 4 is 17.5 Å². The molecule has 1 amide bonds. The fourth-order valence-electron chi connectivity index (χ4n) is 2.79. The van der Waals surface area contributed by atoms with Crippen molar-refractivity contribution in [1.29, 1.82) is 0 Å². The molecule has 7 heteroatoms. The minimum Gasteiger partial charge on any atom is -0.341 e. The molecule has 1 atom stereocenters. The van der Waals surface area contributed by atoms with Gasteiger partial charge in [-0.1, -0.05) is 13.0 Å². The molecule has 126 valence electrons. The van der Waals surface area contributed by atoms with E-state index in [0.717, 1.165) is 38.1 Å². The molecule has 24 heavy (non-hydrogen) atoms. The number of aromatic nitrogens is 2. The maximum atomic E-state index is 13.6. The number of halogens is 2. The molecule has 5 nitrogen and oxygen atoms in total. The van der Waals surface area contributed by atoms with E-state index >= 15 is 0 Å². The number of amides is 1. The summed E-state index contributed by atoms with van der Waals surface area (Å²) in [6, 6.07) is 4.82. The lowest BCUT2D eigenvalue weighted by molar-refractivity contribution is 0.102. The molecule has 1 fully saturated rings. The maximum Gasteiger partial charge on any atom is 0.274 e. The second-order valence-corrected chi connectivity index (χ2v) is 5.99. The SMILES string of the molecule is CC1CCCN(c2nccc(C(=O)Nc3c(F)cccc3F)n2)C1. The van der Waals surface area contributed by atoms with Gasteiger partial charge in [0, 0.05) is 19.3 Å². The number of anilines is 2. The Balaban J connectivity index is 1.79. The Hall–Kier alpha value is -2.57. The molecule has 1 aromatic heterocycles. The number of rotatable bonds is 3. The molecule has 0 bridgehead atoms. The second-order valence-electron chi connectivity index (χ2n) is 5.99. The van der Waals surface area contributed by atoms with E-state index in [9.17, 15) is 13.6 Å². The summed E-state index contributed by atoms with van der Waals surface area (Å²) in [5, 5.41) is 2.24. The van der Waals surface area contributed by atoms with Crippen LogP contribution in [-0.4, -0.2) is 29.0 Å². The number of hydrogen-bond acceptors (Lipinski definition) is 4. The third-order valence-electron chi connectivity index (χ3n) is 4.02. The molecule has 1 N–H and O–H groups in total. The maximum absolute atomic E-state index is 13.6. The van der Waals surface area contributed by atoms with E-state index in [1.807, 2.05) is 4.90 Å². The van der Waals surface area contributed by atoms with Crippen LogP contribution in [0.25, 0.3) is 0 Å². The van der Waals surface area contributed by atoms with E-state index in [1.54, 1.807) is 0 Å². The van der Waals surface area contributed by atoms with Gasteiger partial charge in [0.2, 0.25) is 5.95 Å². The molecule has 1 aliphatic heterocycles. The Morgan fingerprint density at radius 3 is 2.75 bits per heavy atom. The minimum atomic E-state index is -0.831. The molecular formula is C17H18F2N4O. The van der Waals surface area contributed by atoms with Crippen LogP contribution in [0.15, 0.2) is 30.5 Å². The van der Waals surface area contributed by atoms with Gasteiger partial charge in [0.15, 0.2) is 0 Å². The highest BCUT2D eigenvalue weighted by Gasteiger charge is 2.20. The normalized spacial score (nSPS) is 17.6. The lowest BCUT2D eigenvalue weighted by Crippen LogP contribution is -2.35. The van der Waals surface area contributed by atoms with Gasteiger partial charge in [0.25, 0.3) is 5.91 Å². The molecule has 1 unspecified atom stereocenters. The Labute approximate surface area is 138 Å². The Morgan fingerprint density at radius 2 is 2.04 bits per heavy atom. The number of hydrogen-bond donors (Lipinski definition) is 1. The second kappa shape index (κ2) is 6.90. The summed E-state index contributed by atoms with van der Waals surface area (Å²) in [6.07, 6.45) is 3.68. The average molecular weight is 332 g/mol. The number of benzene rings is 1. The zero-order valence-corrected chi connectivity index (χ0v) is 13.3. The van der Waals surface area contributed by atoms with Crippen LogP contribution in [0.2, 0.25) is 0 Å². The van der Waals surface area contributed by atoms with Crippen LogP contribution < -0.4 is 10.2 Å². The van der Waals surface area contributed by atoms with E-state index < -0.39 is 23.2 Å².